The lowest BCUT2D eigenvalue weighted by molar-refractivity contribution is -0.134. The van der Waals surface area contributed by atoms with Crippen LogP contribution in [0.5, 0.6) is 11.5 Å². The van der Waals surface area contributed by atoms with Crippen molar-refractivity contribution in [3.63, 3.8) is 0 Å². The van der Waals surface area contributed by atoms with Gasteiger partial charge in [0, 0.05) is 30.1 Å². The minimum absolute atomic E-state index is 0.0933. The van der Waals surface area contributed by atoms with Crippen molar-refractivity contribution >= 4 is 29.7 Å². The molecule has 0 saturated heterocycles. The van der Waals surface area contributed by atoms with E-state index < -0.39 is 24.0 Å². The lowest BCUT2D eigenvalue weighted by atomic mass is 9.93. The van der Waals surface area contributed by atoms with Crippen LogP contribution in [0, 0.1) is 13.8 Å². The molecule has 0 aliphatic heterocycles. The fraction of sp³-hybridized carbons (Fsp3) is 0.273. The smallest absolute Gasteiger partial charge is 0.335 e. The van der Waals surface area contributed by atoms with Crippen molar-refractivity contribution < 1.29 is 29.0 Å². The van der Waals surface area contributed by atoms with Crippen molar-refractivity contribution in [2.75, 3.05) is 14.2 Å². The number of carbonyl (C=O) groups is 3. The maximum absolute atomic E-state index is 14.0. The summed E-state index contributed by atoms with van der Waals surface area (Å²) in [4.78, 5) is 43.2. The van der Waals surface area contributed by atoms with E-state index in [-0.39, 0.29) is 24.4 Å². The average Bonchev–Trinajstić information content (AvgIpc) is 3.01. The maximum atomic E-state index is 14.0. The molecule has 2 amide bonds. The molecule has 232 valence electrons. The summed E-state index contributed by atoms with van der Waals surface area (Å²) < 4.78 is 10.8. The number of hydrogen-bond acceptors (Lipinski definition) is 8. The van der Waals surface area contributed by atoms with Crippen LogP contribution in [0.1, 0.15) is 55.5 Å². The van der Waals surface area contributed by atoms with E-state index in [2.05, 4.69) is 4.99 Å². The summed E-state index contributed by atoms with van der Waals surface area (Å²) in [5, 5.41) is 9.37. The van der Waals surface area contributed by atoms with Crippen LogP contribution in [-0.4, -0.2) is 60.3 Å². The lowest BCUT2D eigenvalue weighted by Crippen LogP contribution is -2.49. The van der Waals surface area contributed by atoms with Gasteiger partial charge in [0.1, 0.15) is 0 Å². The molecule has 0 unspecified atom stereocenters. The van der Waals surface area contributed by atoms with E-state index in [0.29, 0.717) is 28.3 Å². The zero-order valence-electron chi connectivity index (χ0n) is 25.5. The van der Waals surface area contributed by atoms with E-state index in [1.807, 2.05) is 19.9 Å². The fourth-order valence-corrected chi connectivity index (χ4v) is 4.87. The molecule has 3 aromatic rings. The third kappa shape index (κ3) is 8.01. The molecule has 11 heteroatoms. The molecule has 0 saturated carbocycles. The highest BCUT2D eigenvalue weighted by Gasteiger charge is 2.27. The van der Waals surface area contributed by atoms with Crippen LogP contribution in [0.15, 0.2) is 65.8 Å². The largest absolute Gasteiger partial charge is 0.493 e. The summed E-state index contributed by atoms with van der Waals surface area (Å²) >= 11 is 0. The van der Waals surface area contributed by atoms with Crippen molar-refractivity contribution in [3.8, 4) is 11.5 Å². The lowest BCUT2D eigenvalue weighted by Gasteiger charge is -2.30. The molecule has 0 aliphatic carbocycles. The first-order valence-electron chi connectivity index (χ1n) is 13.9. The minimum atomic E-state index is -1.07. The summed E-state index contributed by atoms with van der Waals surface area (Å²) in [5.41, 5.74) is 22.4. The van der Waals surface area contributed by atoms with Gasteiger partial charge in [0.2, 0.25) is 11.8 Å². The van der Waals surface area contributed by atoms with E-state index >= 15 is 0 Å². The van der Waals surface area contributed by atoms with Crippen LogP contribution in [0.2, 0.25) is 0 Å². The Morgan fingerprint density at radius 3 is 2.16 bits per heavy atom. The number of rotatable bonds is 13. The molecule has 44 heavy (non-hydrogen) atoms. The molecule has 7 N–H and O–H groups in total. The molecule has 3 rings (SSSR count). The van der Waals surface area contributed by atoms with E-state index in [1.54, 1.807) is 61.5 Å². The normalized spacial score (nSPS) is 12.9. The molecule has 0 aromatic heterocycles. The monoisotopic (exact) mass is 601 g/mol. The summed E-state index contributed by atoms with van der Waals surface area (Å²) in [6.45, 7) is 5.68. The number of carbonyl (C=O) groups excluding carboxylic acids is 2. The van der Waals surface area contributed by atoms with Gasteiger partial charge in [0.05, 0.1) is 37.6 Å². The highest BCUT2D eigenvalue weighted by Crippen LogP contribution is 2.29. The standard InChI is InChI=1S/C33H39N5O6/c1-19-11-25(31(36)39)12-20(2)26(19)15-27(35)32(40)38(18-22-9-10-29(43-4)30(13-22)44-5)21(3)17-37-28(16-34)23-7-6-8-24(14-23)33(41)42/h6-14,16-17,21,27H,15,18,34-35H2,1-5H3,(H2,36,39)(H,41,42)/b28-16-,37-17+/t21-,27-/m0/s1. The first-order chi connectivity index (χ1) is 20.9. The molecule has 0 aliphatic rings. The number of aromatic carboxylic acids is 1. The number of carboxylic acid groups (broad SMARTS) is 1. The third-order valence-electron chi connectivity index (χ3n) is 7.29. The Labute approximate surface area is 257 Å². The van der Waals surface area contributed by atoms with Gasteiger partial charge < -0.3 is 36.7 Å². The van der Waals surface area contributed by atoms with E-state index in [9.17, 15) is 19.5 Å². The Kier molecular flexibility index (Phi) is 11.2. The average molecular weight is 602 g/mol. The highest BCUT2D eigenvalue weighted by atomic mass is 16.5. The number of amides is 2. The van der Waals surface area contributed by atoms with Crippen LogP contribution in [-0.2, 0) is 17.8 Å². The predicted molar refractivity (Wildman–Crippen MR) is 170 cm³/mol. The quantitative estimate of drug-likeness (QED) is 0.215. The second kappa shape index (κ2) is 14.8. The van der Waals surface area contributed by atoms with Crippen LogP contribution >= 0.6 is 0 Å². The number of nitrogens with zero attached hydrogens (tertiary/aromatic N) is 2. The molecule has 3 aromatic carbocycles. The van der Waals surface area contributed by atoms with Crippen molar-refractivity contribution in [3.05, 3.63) is 99.7 Å². The number of hydrogen-bond donors (Lipinski definition) is 4. The second-order valence-corrected chi connectivity index (χ2v) is 10.4. The van der Waals surface area contributed by atoms with Gasteiger partial charge in [-0.05, 0) is 85.8 Å². The van der Waals surface area contributed by atoms with Crippen molar-refractivity contribution in [1.82, 2.24) is 4.90 Å². The Morgan fingerprint density at radius 2 is 1.59 bits per heavy atom. The molecule has 0 radical (unpaired) electrons. The van der Waals surface area contributed by atoms with Crippen molar-refractivity contribution in [1.29, 1.82) is 0 Å². The van der Waals surface area contributed by atoms with Gasteiger partial charge in [0.25, 0.3) is 0 Å². The van der Waals surface area contributed by atoms with Gasteiger partial charge in [0.15, 0.2) is 11.5 Å². The number of aliphatic imine (C=N–C) groups is 1. The number of ether oxygens (including phenoxy) is 2. The Bertz CT molecular complexity index is 1580. The molecular formula is C33H39N5O6. The number of methoxy groups -OCH3 is 2. The minimum Gasteiger partial charge on any atom is -0.493 e. The first kappa shape index (κ1) is 33.3. The molecule has 11 nitrogen and oxygen atoms in total. The van der Waals surface area contributed by atoms with Crippen LogP contribution in [0.4, 0.5) is 0 Å². The number of benzene rings is 3. The fourth-order valence-electron chi connectivity index (χ4n) is 4.87. The van der Waals surface area contributed by atoms with Gasteiger partial charge in [-0.25, -0.2) is 4.79 Å². The molecule has 0 heterocycles. The molecule has 0 spiro atoms. The highest BCUT2D eigenvalue weighted by molar-refractivity contribution is 5.93. The van der Waals surface area contributed by atoms with Gasteiger partial charge in [-0.3, -0.25) is 14.6 Å². The summed E-state index contributed by atoms with van der Waals surface area (Å²) in [6, 6.07) is 13.5. The van der Waals surface area contributed by atoms with Gasteiger partial charge in [-0.15, -0.1) is 0 Å². The third-order valence-corrected chi connectivity index (χ3v) is 7.29. The maximum Gasteiger partial charge on any atom is 0.335 e. The number of aryl methyl sites for hydroxylation is 2. The predicted octanol–water partition coefficient (Wildman–Crippen LogP) is 3.43. The summed E-state index contributed by atoms with van der Waals surface area (Å²) in [5.74, 6) is -0.876. The zero-order chi connectivity index (χ0) is 32.6. The van der Waals surface area contributed by atoms with Gasteiger partial charge >= 0.3 is 5.97 Å². The molecule has 0 bridgehead atoms. The first-order valence-corrected chi connectivity index (χ1v) is 13.9. The molecule has 2 atom stereocenters. The van der Waals surface area contributed by atoms with Gasteiger partial charge in [-0.1, -0.05) is 18.2 Å². The Morgan fingerprint density at radius 1 is 0.955 bits per heavy atom. The van der Waals surface area contributed by atoms with Crippen molar-refractivity contribution in [2.45, 2.75) is 45.8 Å². The number of carboxylic acids is 1. The Hall–Kier alpha value is -5.16. The zero-order valence-corrected chi connectivity index (χ0v) is 25.5. The SMILES string of the molecule is COc1ccc(CN(C(=O)[C@@H](N)Cc2c(C)cc(C(N)=O)cc2C)[C@@H](C)/C=N/C(=C\N)c2cccc(C(=O)O)c2)cc1OC. The number of nitrogens with two attached hydrogens (primary N) is 3. The van der Waals surface area contributed by atoms with Crippen LogP contribution < -0.4 is 26.7 Å². The number of primary amides is 1. The van der Waals surface area contributed by atoms with Gasteiger partial charge in [-0.2, -0.15) is 0 Å². The van der Waals surface area contributed by atoms with E-state index in [1.165, 1.54) is 25.4 Å². The topological polar surface area (TPSA) is 184 Å². The van der Waals surface area contributed by atoms with Crippen LogP contribution in [0.3, 0.4) is 0 Å². The summed E-state index contributed by atoms with van der Waals surface area (Å²) in [7, 11) is 3.07. The van der Waals surface area contributed by atoms with E-state index in [0.717, 1.165) is 22.3 Å². The summed E-state index contributed by atoms with van der Waals surface area (Å²) in [6.07, 6.45) is 3.07. The molecule has 0 fully saturated rings. The molecular weight excluding hydrogens is 562 g/mol. The van der Waals surface area contributed by atoms with E-state index in [4.69, 9.17) is 26.7 Å². The second-order valence-electron chi connectivity index (χ2n) is 10.4. The Balaban J connectivity index is 1.96. The van der Waals surface area contributed by atoms with Crippen LogP contribution in [0.25, 0.3) is 5.70 Å². The van der Waals surface area contributed by atoms with Crippen molar-refractivity contribution in [2.24, 2.45) is 22.2 Å².